The molecule has 0 aromatic rings. The molecule has 0 saturated carbocycles. The van der Waals surface area contributed by atoms with Crippen molar-refractivity contribution in [3.8, 4) is 0 Å². The summed E-state index contributed by atoms with van der Waals surface area (Å²) >= 11 is 0. The highest BCUT2D eigenvalue weighted by molar-refractivity contribution is 4.79. The summed E-state index contributed by atoms with van der Waals surface area (Å²) in [5.41, 5.74) is 5.39. The SMILES string of the molecule is CCCCCCCCCCCCCCCCCCCCCCN/C=C/CN. The van der Waals surface area contributed by atoms with Crippen LogP contribution in [0, 0.1) is 0 Å². The second-order valence-corrected chi connectivity index (χ2v) is 8.31. The molecular weight excluding hydrogens is 328 g/mol. The van der Waals surface area contributed by atoms with Gasteiger partial charge in [0.2, 0.25) is 0 Å². The van der Waals surface area contributed by atoms with Crippen LogP contribution in [0.3, 0.4) is 0 Å². The molecule has 3 N–H and O–H groups in total. The molecule has 27 heavy (non-hydrogen) atoms. The molecule has 162 valence electrons. The monoisotopic (exact) mass is 380 g/mol. The van der Waals surface area contributed by atoms with Crippen molar-refractivity contribution in [2.75, 3.05) is 13.1 Å². The fourth-order valence-electron chi connectivity index (χ4n) is 3.72. The Kier molecular flexibility index (Phi) is 25.0. The molecule has 0 aromatic carbocycles. The maximum Gasteiger partial charge on any atom is 0.0141 e. The molecule has 0 bridgehead atoms. The quantitative estimate of drug-likeness (QED) is 0.177. The molecular formula is C25H52N2. The van der Waals surface area contributed by atoms with Crippen LogP contribution in [0.15, 0.2) is 12.3 Å². The predicted octanol–water partition coefficient (Wildman–Crippen LogP) is 7.87. The number of nitrogens with one attached hydrogen (secondary N) is 1. The van der Waals surface area contributed by atoms with E-state index in [2.05, 4.69) is 12.2 Å². The van der Waals surface area contributed by atoms with Crippen molar-refractivity contribution < 1.29 is 0 Å². The molecule has 0 aliphatic rings. The number of unbranched alkanes of at least 4 members (excludes halogenated alkanes) is 19. The van der Waals surface area contributed by atoms with Gasteiger partial charge in [-0.3, -0.25) is 0 Å². The minimum absolute atomic E-state index is 0.631. The van der Waals surface area contributed by atoms with E-state index >= 15 is 0 Å². The van der Waals surface area contributed by atoms with Gasteiger partial charge in [0.1, 0.15) is 0 Å². The zero-order valence-electron chi connectivity index (χ0n) is 18.8. The highest BCUT2D eigenvalue weighted by Gasteiger charge is 1.95. The minimum Gasteiger partial charge on any atom is -0.391 e. The van der Waals surface area contributed by atoms with E-state index in [1.807, 2.05) is 12.3 Å². The first-order valence-corrected chi connectivity index (χ1v) is 12.5. The van der Waals surface area contributed by atoms with Gasteiger partial charge in [-0.15, -0.1) is 0 Å². The van der Waals surface area contributed by atoms with Crippen LogP contribution < -0.4 is 11.1 Å². The lowest BCUT2D eigenvalue weighted by molar-refractivity contribution is 0.521. The normalized spacial score (nSPS) is 11.5. The Morgan fingerprint density at radius 2 is 0.852 bits per heavy atom. The van der Waals surface area contributed by atoms with Crippen molar-refractivity contribution >= 4 is 0 Å². The van der Waals surface area contributed by atoms with Crippen molar-refractivity contribution in [3.05, 3.63) is 12.3 Å². The highest BCUT2D eigenvalue weighted by atomic mass is 14.8. The third-order valence-electron chi connectivity index (χ3n) is 5.55. The predicted molar refractivity (Wildman–Crippen MR) is 124 cm³/mol. The van der Waals surface area contributed by atoms with E-state index in [0.29, 0.717) is 6.54 Å². The molecule has 0 unspecified atom stereocenters. The Bertz CT molecular complexity index is 275. The number of hydrogen-bond acceptors (Lipinski definition) is 2. The third-order valence-corrected chi connectivity index (χ3v) is 5.55. The summed E-state index contributed by atoms with van der Waals surface area (Å²) in [7, 11) is 0. The lowest BCUT2D eigenvalue weighted by Gasteiger charge is -2.04. The van der Waals surface area contributed by atoms with Gasteiger partial charge in [-0.25, -0.2) is 0 Å². The van der Waals surface area contributed by atoms with Crippen LogP contribution in [-0.2, 0) is 0 Å². The number of rotatable bonds is 23. The summed E-state index contributed by atoms with van der Waals surface area (Å²) in [6.07, 6.45) is 32.8. The van der Waals surface area contributed by atoms with Crippen molar-refractivity contribution in [2.24, 2.45) is 5.73 Å². The van der Waals surface area contributed by atoms with E-state index in [1.54, 1.807) is 0 Å². The fourth-order valence-corrected chi connectivity index (χ4v) is 3.72. The Balaban J connectivity index is 2.98. The summed E-state index contributed by atoms with van der Waals surface area (Å²) in [6, 6.07) is 0. The first-order valence-electron chi connectivity index (χ1n) is 12.5. The topological polar surface area (TPSA) is 38.0 Å². The largest absolute Gasteiger partial charge is 0.391 e. The summed E-state index contributed by atoms with van der Waals surface area (Å²) in [5.74, 6) is 0. The molecule has 0 saturated heterocycles. The average Bonchev–Trinajstić information content (AvgIpc) is 2.68. The minimum atomic E-state index is 0.631. The molecule has 0 atom stereocenters. The van der Waals surface area contributed by atoms with E-state index in [4.69, 9.17) is 5.73 Å². The van der Waals surface area contributed by atoms with Gasteiger partial charge in [0.05, 0.1) is 0 Å². The second kappa shape index (κ2) is 25.5. The zero-order valence-corrected chi connectivity index (χ0v) is 18.8. The number of hydrogen-bond donors (Lipinski definition) is 2. The maximum absolute atomic E-state index is 5.39. The van der Waals surface area contributed by atoms with Crippen LogP contribution in [-0.4, -0.2) is 13.1 Å². The van der Waals surface area contributed by atoms with E-state index in [-0.39, 0.29) is 0 Å². The molecule has 0 aromatic heterocycles. The third kappa shape index (κ3) is 25.5. The fraction of sp³-hybridized carbons (Fsp3) is 0.920. The lowest BCUT2D eigenvalue weighted by atomic mass is 10.0. The Morgan fingerprint density at radius 3 is 1.19 bits per heavy atom. The van der Waals surface area contributed by atoms with Gasteiger partial charge >= 0.3 is 0 Å². The molecule has 0 amide bonds. The maximum atomic E-state index is 5.39. The van der Waals surface area contributed by atoms with Crippen LogP contribution >= 0.6 is 0 Å². The van der Waals surface area contributed by atoms with Crippen molar-refractivity contribution in [1.82, 2.24) is 5.32 Å². The molecule has 0 aliphatic carbocycles. The van der Waals surface area contributed by atoms with Crippen LogP contribution in [0.25, 0.3) is 0 Å². The van der Waals surface area contributed by atoms with Crippen molar-refractivity contribution in [1.29, 1.82) is 0 Å². The Labute approximate surface area is 172 Å². The second-order valence-electron chi connectivity index (χ2n) is 8.31. The summed E-state index contributed by atoms with van der Waals surface area (Å²) < 4.78 is 0. The smallest absolute Gasteiger partial charge is 0.0141 e. The summed E-state index contributed by atoms with van der Waals surface area (Å²) in [6.45, 7) is 4.02. The standard InChI is InChI=1S/C25H52N2/c1-2-3-4-5-6-7-8-9-10-11-12-13-14-15-16-17-18-19-20-21-24-27-25-22-23-26/h22,25,27H,2-21,23-24,26H2,1H3/b25-22+. The lowest BCUT2D eigenvalue weighted by Crippen LogP contribution is -2.07. The molecule has 0 heterocycles. The van der Waals surface area contributed by atoms with Crippen LogP contribution in [0.1, 0.15) is 135 Å². The first-order chi connectivity index (χ1) is 13.4. The number of nitrogens with two attached hydrogens (primary N) is 1. The van der Waals surface area contributed by atoms with Crippen LogP contribution in [0.5, 0.6) is 0 Å². The summed E-state index contributed by atoms with van der Waals surface area (Å²) in [5, 5.41) is 3.28. The first kappa shape index (κ1) is 26.5. The van der Waals surface area contributed by atoms with Crippen molar-refractivity contribution in [2.45, 2.75) is 135 Å². The van der Waals surface area contributed by atoms with E-state index in [0.717, 1.165) is 6.54 Å². The Hall–Kier alpha value is -0.500. The Morgan fingerprint density at radius 1 is 0.519 bits per heavy atom. The van der Waals surface area contributed by atoms with E-state index in [9.17, 15) is 0 Å². The molecule has 0 rings (SSSR count). The van der Waals surface area contributed by atoms with Gasteiger partial charge in [-0.1, -0.05) is 135 Å². The molecule has 0 radical (unpaired) electrons. The molecule has 2 heteroatoms. The van der Waals surface area contributed by atoms with Gasteiger partial charge in [0, 0.05) is 13.1 Å². The van der Waals surface area contributed by atoms with Crippen molar-refractivity contribution in [3.63, 3.8) is 0 Å². The van der Waals surface area contributed by atoms with Gasteiger partial charge in [0.15, 0.2) is 0 Å². The average molecular weight is 381 g/mol. The molecule has 0 fully saturated rings. The van der Waals surface area contributed by atoms with Crippen LogP contribution in [0.2, 0.25) is 0 Å². The van der Waals surface area contributed by atoms with Crippen LogP contribution in [0.4, 0.5) is 0 Å². The zero-order chi connectivity index (χ0) is 19.7. The molecule has 0 spiro atoms. The molecule has 0 aliphatic heterocycles. The van der Waals surface area contributed by atoms with Gasteiger partial charge in [-0.05, 0) is 12.6 Å². The van der Waals surface area contributed by atoms with Gasteiger partial charge < -0.3 is 11.1 Å². The highest BCUT2D eigenvalue weighted by Crippen LogP contribution is 2.14. The van der Waals surface area contributed by atoms with Gasteiger partial charge in [0.25, 0.3) is 0 Å². The molecule has 2 nitrogen and oxygen atoms in total. The summed E-state index contributed by atoms with van der Waals surface area (Å²) in [4.78, 5) is 0. The van der Waals surface area contributed by atoms with E-state index < -0.39 is 0 Å². The van der Waals surface area contributed by atoms with E-state index in [1.165, 1.54) is 128 Å². The van der Waals surface area contributed by atoms with Gasteiger partial charge in [-0.2, -0.15) is 0 Å².